The smallest absolute Gasteiger partial charge is 0.395 e. The quantitative estimate of drug-likeness (QED) is 0.805. The zero-order chi connectivity index (χ0) is 11.8. The van der Waals surface area contributed by atoms with Crippen LogP contribution in [0.15, 0.2) is 30.9 Å². The van der Waals surface area contributed by atoms with E-state index in [0.29, 0.717) is 5.69 Å². The molecule has 16 heavy (non-hydrogen) atoms. The standard InChI is InChI=1S/C11H11F2NO2/c1-3-7(2)14-8-4-5-9-10(6-8)16-11(12,13)15-9/h3-7,14H,1H2,2H3. The highest BCUT2D eigenvalue weighted by atomic mass is 19.3. The van der Waals surface area contributed by atoms with Crippen LogP contribution in [-0.4, -0.2) is 12.3 Å². The van der Waals surface area contributed by atoms with Crippen molar-refractivity contribution in [3.05, 3.63) is 30.9 Å². The maximum Gasteiger partial charge on any atom is 0.586 e. The minimum Gasteiger partial charge on any atom is -0.395 e. The fourth-order valence-electron chi connectivity index (χ4n) is 1.36. The zero-order valence-electron chi connectivity index (χ0n) is 8.67. The lowest BCUT2D eigenvalue weighted by Gasteiger charge is -2.10. The second kappa shape index (κ2) is 3.66. The molecule has 2 rings (SSSR count). The molecule has 0 amide bonds. The van der Waals surface area contributed by atoms with Crippen LogP contribution in [0.4, 0.5) is 14.5 Å². The first-order chi connectivity index (χ1) is 7.50. The van der Waals surface area contributed by atoms with Crippen molar-refractivity contribution in [2.45, 2.75) is 19.3 Å². The Morgan fingerprint density at radius 1 is 1.38 bits per heavy atom. The SMILES string of the molecule is C=CC(C)Nc1ccc2c(c1)OC(F)(F)O2. The molecular formula is C11H11F2NO2. The van der Waals surface area contributed by atoms with E-state index in [-0.39, 0.29) is 17.5 Å². The molecule has 0 spiro atoms. The van der Waals surface area contributed by atoms with Gasteiger partial charge in [0.25, 0.3) is 0 Å². The molecule has 1 unspecified atom stereocenters. The van der Waals surface area contributed by atoms with Crippen molar-refractivity contribution >= 4 is 5.69 Å². The van der Waals surface area contributed by atoms with Crippen LogP contribution >= 0.6 is 0 Å². The molecule has 5 heteroatoms. The first-order valence-electron chi connectivity index (χ1n) is 4.79. The summed E-state index contributed by atoms with van der Waals surface area (Å²) in [5, 5.41) is 3.05. The molecule has 0 radical (unpaired) electrons. The second-order valence-electron chi connectivity index (χ2n) is 3.50. The van der Waals surface area contributed by atoms with E-state index < -0.39 is 6.29 Å². The van der Waals surface area contributed by atoms with Crippen LogP contribution in [0, 0.1) is 0 Å². The summed E-state index contributed by atoms with van der Waals surface area (Å²) in [6.45, 7) is 5.51. The number of halogens is 2. The molecule has 0 aromatic heterocycles. The third-order valence-corrected chi connectivity index (χ3v) is 2.15. The highest BCUT2D eigenvalue weighted by Crippen LogP contribution is 2.42. The molecule has 0 saturated heterocycles. The topological polar surface area (TPSA) is 30.5 Å². The molecule has 1 aliphatic rings. The molecule has 0 aliphatic carbocycles. The number of benzene rings is 1. The Morgan fingerprint density at radius 2 is 2.06 bits per heavy atom. The van der Waals surface area contributed by atoms with Gasteiger partial charge in [0, 0.05) is 17.8 Å². The molecule has 1 aliphatic heterocycles. The first kappa shape index (κ1) is 10.7. The maximum absolute atomic E-state index is 12.7. The van der Waals surface area contributed by atoms with Crippen molar-refractivity contribution in [1.29, 1.82) is 0 Å². The number of alkyl halides is 2. The van der Waals surface area contributed by atoms with E-state index in [1.807, 2.05) is 6.92 Å². The van der Waals surface area contributed by atoms with Gasteiger partial charge in [-0.25, -0.2) is 0 Å². The van der Waals surface area contributed by atoms with E-state index in [4.69, 9.17) is 0 Å². The minimum absolute atomic E-state index is 0.0336. The van der Waals surface area contributed by atoms with Crippen LogP contribution in [0.25, 0.3) is 0 Å². The van der Waals surface area contributed by atoms with Crippen molar-refractivity contribution in [2.75, 3.05) is 5.32 Å². The Hall–Kier alpha value is -1.78. The number of ether oxygens (including phenoxy) is 2. The molecule has 1 N–H and O–H groups in total. The summed E-state index contributed by atoms with van der Waals surface area (Å²) in [6.07, 6.45) is -1.86. The summed E-state index contributed by atoms with van der Waals surface area (Å²) in [5.41, 5.74) is 0.674. The van der Waals surface area contributed by atoms with E-state index in [1.54, 1.807) is 12.1 Å². The minimum atomic E-state index is -3.56. The number of hydrogen-bond acceptors (Lipinski definition) is 3. The van der Waals surface area contributed by atoms with Crippen LogP contribution in [-0.2, 0) is 0 Å². The summed E-state index contributed by atoms with van der Waals surface area (Å²) >= 11 is 0. The third kappa shape index (κ3) is 2.08. The van der Waals surface area contributed by atoms with E-state index in [0.717, 1.165) is 0 Å². The monoisotopic (exact) mass is 227 g/mol. The second-order valence-corrected chi connectivity index (χ2v) is 3.50. The van der Waals surface area contributed by atoms with Gasteiger partial charge in [-0.1, -0.05) is 6.08 Å². The van der Waals surface area contributed by atoms with Crippen molar-refractivity contribution in [3.8, 4) is 11.5 Å². The van der Waals surface area contributed by atoms with Gasteiger partial charge in [-0.15, -0.1) is 15.4 Å². The fraction of sp³-hybridized carbons (Fsp3) is 0.273. The Kier molecular flexibility index (Phi) is 2.46. The molecule has 86 valence electrons. The lowest BCUT2D eigenvalue weighted by Crippen LogP contribution is -2.25. The molecule has 0 fully saturated rings. The first-order valence-corrected chi connectivity index (χ1v) is 4.79. The van der Waals surface area contributed by atoms with E-state index in [1.165, 1.54) is 12.1 Å². The number of hydrogen-bond donors (Lipinski definition) is 1. The Balaban J connectivity index is 2.19. The van der Waals surface area contributed by atoms with Gasteiger partial charge in [0.15, 0.2) is 11.5 Å². The molecule has 1 aromatic carbocycles. The number of anilines is 1. The average molecular weight is 227 g/mol. The molecule has 0 bridgehead atoms. The van der Waals surface area contributed by atoms with E-state index in [9.17, 15) is 8.78 Å². The summed E-state index contributed by atoms with van der Waals surface area (Å²) in [4.78, 5) is 0. The van der Waals surface area contributed by atoms with Crippen LogP contribution in [0.5, 0.6) is 11.5 Å². The summed E-state index contributed by atoms with van der Waals surface area (Å²) in [6, 6.07) is 4.59. The van der Waals surface area contributed by atoms with Crippen molar-refractivity contribution in [2.24, 2.45) is 0 Å². The zero-order valence-corrected chi connectivity index (χ0v) is 8.67. The van der Waals surface area contributed by atoms with E-state index in [2.05, 4.69) is 21.4 Å². The van der Waals surface area contributed by atoms with Gasteiger partial charge < -0.3 is 14.8 Å². The number of rotatable bonds is 3. The van der Waals surface area contributed by atoms with Crippen LogP contribution in [0.2, 0.25) is 0 Å². The summed E-state index contributed by atoms with van der Waals surface area (Å²) in [5.74, 6) is 0.0769. The maximum atomic E-state index is 12.7. The predicted octanol–water partition coefficient (Wildman–Crippen LogP) is 2.99. The van der Waals surface area contributed by atoms with Gasteiger partial charge >= 0.3 is 6.29 Å². The largest absolute Gasteiger partial charge is 0.586 e. The molecular weight excluding hydrogens is 216 g/mol. The third-order valence-electron chi connectivity index (χ3n) is 2.15. The Morgan fingerprint density at radius 3 is 2.75 bits per heavy atom. The normalized spacial score (nSPS) is 17.9. The lowest BCUT2D eigenvalue weighted by molar-refractivity contribution is -0.286. The van der Waals surface area contributed by atoms with Gasteiger partial charge in [0.05, 0.1) is 0 Å². The van der Waals surface area contributed by atoms with Gasteiger partial charge in [-0.05, 0) is 19.1 Å². The van der Waals surface area contributed by atoms with Crippen molar-refractivity contribution in [1.82, 2.24) is 0 Å². The lowest BCUT2D eigenvalue weighted by atomic mass is 10.2. The van der Waals surface area contributed by atoms with Crippen LogP contribution in [0.1, 0.15) is 6.92 Å². The summed E-state index contributed by atoms with van der Waals surface area (Å²) < 4.78 is 34.0. The molecule has 1 atom stereocenters. The molecule has 1 heterocycles. The fourth-order valence-corrected chi connectivity index (χ4v) is 1.36. The number of fused-ring (bicyclic) bond motifs is 1. The predicted molar refractivity (Wildman–Crippen MR) is 55.9 cm³/mol. The Bertz CT molecular complexity index is 420. The van der Waals surface area contributed by atoms with Crippen molar-refractivity contribution < 1.29 is 18.3 Å². The summed E-state index contributed by atoms with van der Waals surface area (Å²) in [7, 11) is 0. The molecule has 0 saturated carbocycles. The highest BCUT2D eigenvalue weighted by Gasteiger charge is 2.43. The highest BCUT2D eigenvalue weighted by molar-refractivity contribution is 5.56. The van der Waals surface area contributed by atoms with Gasteiger partial charge in [-0.3, -0.25) is 0 Å². The number of nitrogens with one attached hydrogen (secondary N) is 1. The van der Waals surface area contributed by atoms with E-state index >= 15 is 0 Å². The average Bonchev–Trinajstić information content (AvgIpc) is 2.51. The van der Waals surface area contributed by atoms with Crippen LogP contribution < -0.4 is 14.8 Å². The van der Waals surface area contributed by atoms with Gasteiger partial charge in [0.1, 0.15) is 0 Å². The Labute approximate surface area is 91.7 Å². The van der Waals surface area contributed by atoms with Gasteiger partial charge in [0.2, 0.25) is 0 Å². The molecule has 3 nitrogen and oxygen atoms in total. The van der Waals surface area contributed by atoms with Crippen molar-refractivity contribution in [3.63, 3.8) is 0 Å². The molecule has 1 aromatic rings. The van der Waals surface area contributed by atoms with Gasteiger partial charge in [-0.2, -0.15) is 0 Å². The van der Waals surface area contributed by atoms with Crippen LogP contribution in [0.3, 0.4) is 0 Å².